The van der Waals surface area contributed by atoms with Crippen molar-refractivity contribution in [2.24, 2.45) is 4.99 Å². The second-order valence-electron chi connectivity index (χ2n) is 5.75. The maximum absolute atomic E-state index is 5.72. The lowest BCUT2D eigenvalue weighted by atomic mass is 10.3. The first-order valence-corrected chi connectivity index (χ1v) is 9.33. The Balaban J connectivity index is 0.00000364. The molecule has 1 aromatic heterocycles. The number of guanidine groups is 1. The summed E-state index contributed by atoms with van der Waals surface area (Å²) in [4.78, 5) is 10.8. The van der Waals surface area contributed by atoms with Crippen LogP contribution in [-0.2, 0) is 6.54 Å². The zero-order chi connectivity index (χ0) is 18.8. The first-order valence-electron chi connectivity index (χ1n) is 8.45. The quantitative estimate of drug-likeness (QED) is 0.237. The molecule has 0 radical (unpaired) electrons. The predicted molar refractivity (Wildman–Crippen MR) is 123 cm³/mol. The number of nitrogens with zero attached hydrogens (tertiary/aromatic N) is 3. The van der Waals surface area contributed by atoms with E-state index in [1.165, 1.54) is 0 Å². The lowest BCUT2D eigenvalue weighted by molar-refractivity contribution is 0.308. The van der Waals surface area contributed by atoms with E-state index in [9.17, 15) is 0 Å². The fourth-order valence-electron chi connectivity index (χ4n) is 2.14. The molecule has 0 unspecified atom stereocenters. The Morgan fingerprint density at radius 3 is 2.70 bits per heavy atom. The molecule has 0 bridgehead atoms. The number of hydrogen-bond donors (Lipinski definition) is 2. The standard InChI is InChI=1S/C18H27N5O2S.HI/c1-19-17(21-12-14-13-26-18(22-14)23(2)3)20-9-6-10-25-16-8-5-7-15(11-16)24-4;/h5,7-8,11,13H,6,9-10,12H2,1-4H3,(H2,19,20,21);1H. The van der Waals surface area contributed by atoms with Gasteiger partial charge in [0.25, 0.3) is 0 Å². The van der Waals surface area contributed by atoms with Crippen molar-refractivity contribution in [1.82, 2.24) is 15.6 Å². The highest BCUT2D eigenvalue weighted by molar-refractivity contribution is 14.0. The van der Waals surface area contributed by atoms with Crippen LogP contribution in [0.25, 0.3) is 0 Å². The Bertz CT molecular complexity index is 709. The first-order chi connectivity index (χ1) is 12.6. The van der Waals surface area contributed by atoms with Gasteiger partial charge in [-0.15, -0.1) is 35.3 Å². The number of aliphatic imine (C=N–C) groups is 1. The van der Waals surface area contributed by atoms with E-state index in [0.717, 1.165) is 41.2 Å². The third-order valence-corrected chi connectivity index (χ3v) is 4.56. The number of methoxy groups -OCH3 is 1. The van der Waals surface area contributed by atoms with Crippen LogP contribution >= 0.6 is 35.3 Å². The van der Waals surface area contributed by atoms with E-state index in [-0.39, 0.29) is 24.0 Å². The first kappa shape index (κ1) is 23.3. The van der Waals surface area contributed by atoms with Gasteiger partial charge in [-0.05, 0) is 18.6 Å². The second-order valence-corrected chi connectivity index (χ2v) is 6.59. The van der Waals surface area contributed by atoms with E-state index >= 15 is 0 Å². The topological polar surface area (TPSA) is 71.0 Å². The second kappa shape index (κ2) is 12.6. The van der Waals surface area contributed by atoms with Gasteiger partial charge in [-0.25, -0.2) is 4.98 Å². The molecule has 2 N–H and O–H groups in total. The molecule has 1 heterocycles. The number of thiazole rings is 1. The van der Waals surface area contributed by atoms with Gasteiger partial charge in [0.1, 0.15) is 11.5 Å². The minimum atomic E-state index is 0. The minimum absolute atomic E-state index is 0. The molecule has 2 rings (SSSR count). The van der Waals surface area contributed by atoms with Crippen molar-refractivity contribution >= 4 is 46.4 Å². The van der Waals surface area contributed by atoms with Crippen LogP contribution in [0.5, 0.6) is 11.5 Å². The maximum Gasteiger partial charge on any atom is 0.191 e. The highest BCUT2D eigenvalue weighted by Gasteiger charge is 2.04. The number of ether oxygens (including phenoxy) is 2. The van der Waals surface area contributed by atoms with Crippen molar-refractivity contribution in [3.8, 4) is 11.5 Å². The molecule has 0 spiro atoms. The Hall–Kier alpha value is -1.75. The number of rotatable bonds is 9. The molecule has 7 nitrogen and oxygen atoms in total. The molecule has 0 aliphatic carbocycles. The number of benzene rings is 1. The number of hydrogen-bond acceptors (Lipinski definition) is 6. The molecule has 0 fully saturated rings. The molecule has 0 saturated carbocycles. The SMILES string of the molecule is CN=C(NCCCOc1cccc(OC)c1)NCc1csc(N(C)C)n1.I. The summed E-state index contributed by atoms with van der Waals surface area (Å²) in [5, 5.41) is 9.60. The van der Waals surface area contributed by atoms with Crippen LogP contribution in [-0.4, -0.2) is 52.3 Å². The summed E-state index contributed by atoms with van der Waals surface area (Å²) in [6.07, 6.45) is 0.861. The molecule has 27 heavy (non-hydrogen) atoms. The van der Waals surface area contributed by atoms with Gasteiger partial charge in [0.2, 0.25) is 0 Å². The third kappa shape index (κ3) is 8.21. The van der Waals surface area contributed by atoms with E-state index in [2.05, 4.69) is 26.0 Å². The van der Waals surface area contributed by atoms with Gasteiger partial charge in [-0.3, -0.25) is 4.99 Å². The van der Waals surface area contributed by atoms with Gasteiger partial charge in [0.05, 0.1) is 26.0 Å². The molecular formula is C18H28IN5O2S. The van der Waals surface area contributed by atoms with Crippen LogP contribution in [0, 0.1) is 0 Å². The van der Waals surface area contributed by atoms with Crippen LogP contribution < -0.4 is 25.0 Å². The summed E-state index contributed by atoms with van der Waals surface area (Å²) in [6.45, 7) is 2.03. The summed E-state index contributed by atoms with van der Waals surface area (Å²) in [6, 6.07) is 7.61. The molecule has 150 valence electrons. The molecule has 1 aromatic carbocycles. The Labute approximate surface area is 182 Å². The monoisotopic (exact) mass is 505 g/mol. The summed E-state index contributed by atoms with van der Waals surface area (Å²) >= 11 is 1.63. The zero-order valence-electron chi connectivity index (χ0n) is 16.2. The predicted octanol–water partition coefficient (Wildman–Crippen LogP) is 2.97. The Morgan fingerprint density at radius 2 is 2.04 bits per heavy atom. The van der Waals surface area contributed by atoms with Crippen LogP contribution in [0.3, 0.4) is 0 Å². The van der Waals surface area contributed by atoms with E-state index in [1.54, 1.807) is 25.5 Å². The summed E-state index contributed by atoms with van der Waals surface area (Å²) in [5.41, 5.74) is 1.00. The van der Waals surface area contributed by atoms with Crippen LogP contribution in [0.4, 0.5) is 5.13 Å². The maximum atomic E-state index is 5.72. The van der Waals surface area contributed by atoms with Crippen LogP contribution in [0.2, 0.25) is 0 Å². The van der Waals surface area contributed by atoms with Gasteiger partial charge in [0.15, 0.2) is 11.1 Å². The average molecular weight is 505 g/mol. The van der Waals surface area contributed by atoms with E-state index in [4.69, 9.17) is 9.47 Å². The van der Waals surface area contributed by atoms with Gasteiger partial charge in [-0.2, -0.15) is 0 Å². The zero-order valence-corrected chi connectivity index (χ0v) is 19.3. The van der Waals surface area contributed by atoms with Crippen molar-refractivity contribution in [3.05, 3.63) is 35.3 Å². The molecule has 0 atom stereocenters. The lowest BCUT2D eigenvalue weighted by Gasteiger charge is -2.12. The van der Waals surface area contributed by atoms with Crippen LogP contribution in [0.15, 0.2) is 34.6 Å². The summed E-state index contributed by atoms with van der Waals surface area (Å²) in [7, 11) is 7.39. The number of halogens is 1. The van der Waals surface area contributed by atoms with Crippen molar-refractivity contribution in [2.45, 2.75) is 13.0 Å². The highest BCUT2D eigenvalue weighted by Crippen LogP contribution is 2.19. The minimum Gasteiger partial charge on any atom is -0.497 e. The summed E-state index contributed by atoms with van der Waals surface area (Å²) < 4.78 is 10.9. The summed E-state index contributed by atoms with van der Waals surface area (Å²) in [5.74, 6) is 2.36. The number of aromatic nitrogens is 1. The van der Waals surface area contributed by atoms with Crippen LogP contribution in [0.1, 0.15) is 12.1 Å². The molecular weight excluding hydrogens is 477 g/mol. The Kier molecular flexibility index (Phi) is 10.9. The van der Waals surface area contributed by atoms with Gasteiger partial charge >= 0.3 is 0 Å². The van der Waals surface area contributed by atoms with Crippen molar-refractivity contribution < 1.29 is 9.47 Å². The number of anilines is 1. The average Bonchev–Trinajstić information content (AvgIpc) is 3.13. The molecule has 2 aromatic rings. The smallest absolute Gasteiger partial charge is 0.191 e. The largest absolute Gasteiger partial charge is 0.497 e. The van der Waals surface area contributed by atoms with Crippen molar-refractivity contribution in [2.75, 3.05) is 46.3 Å². The van der Waals surface area contributed by atoms with Gasteiger partial charge in [0, 0.05) is 39.1 Å². The third-order valence-electron chi connectivity index (χ3n) is 3.51. The van der Waals surface area contributed by atoms with Crippen molar-refractivity contribution in [3.63, 3.8) is 0 Å². The molecule has 9 heteroatoms. The molecule has 0 saturated heterocycles. The lowest BCUT2D eigenvalue weighted by Crippen LogP contribution is -2.37. The molecule has 0 amide bonds. The fraction of sp³-hybridized carbons (Fsp3) is 0.444. The van der Waals surface area contributed by atoms with Gasteiger partial charge in [-0.1, -0.05) is 6.07 Å². The van der Waals surface area contributed by atoms with E-state index in [1.807, 2.05) is 43.3 Å². The van der Waals surface area contributed by atoms with Crippen molar-refractivity contribution in [1.29, 1.82) is 0 Å². The highest BCUT2D eigenvalue weighted by atomic mass is 127. The fourth-order valence-corrected chi connectivity index (χ4v) is 2.90. The number of nitrogens with one attached hydrogen (secondary N) is 2. The molecule has 0 aliphatic rings. The van der Waals surface area contributed by atoms with E-state index in [0.29, 0.717) is 13.2 Å². The van der Waals surface area contributed by atoms with E-state index < -0.39 is 0 Å². The van der Waals surface area contributed by atoms with Gasteiger partial charge < -0.3 is 25.0 Å². The normalized spacial score (nSPS) is 10.7. The molecule has 0 aliphatic heterocycles. The Morgan fingerprint density at radius 1 is 1.26 bits per heavy atom.